The van der Waals surface area contributed by atoms with Crippen LogP contribution in [0.15, 0.2) is 341 Å². The lowest BCUT2D eigenvalue weighted by molar-refractivity contribution is -0.114. The van der Waals surface area contributed by atoms with Crippen LogP contribution in [0.5, 0.6) is 11.5 Å². The van der Waals surface area contributed by atoms with E-state index >= 15 is 0 Å². The van der Waals surface area contributed by atoms with Crippen LogP contribution < -0.4 is 59.3 Å². The summed E-state index contributed by atoms with van der Waals surface area (Å²) >= 11 is 0. The van der Waals surface area contributed by atoms with E-state index in [0.717, 1.165) is 50.6 Å². The lowest BCUT2D eigenvalue weighted by Crippen LogP contribution is -2.23. The average molecular weight is 1960 g/mol. The maximum absolute atomic E-state index is 13.9. The van der Waals surface area contributed by atoms with Crippen molar-refractivity contribution in [1.29, 1.82) is 0 Å². The molecule has 0 unspecified atom stereocenters. The molecular weight excluding hydrogens is 1870 g/mol. The number of aromatic nitrogens is 2. The fourth-order valence-electron chi connectivity index (χ4n) is 20.0. The molecule has 20 aromatic rings. The van der Waals surface area contributed by atoms with Gasteiger partial charge in [-0.3, -0.25) is 62.3 Å². The zero-order valence-electron chi connectivity index (χ0n) is 81.0. The quantitative estimate of drug-likeness (QED) is 0.0188. The van der Waals surface area contributed by atoms with E-state index in [1.807, 2.05) is 73.7 Å². The Kier molecular flexibility index (Phi) is 26.9. The number of aryl methyl sites for hydroxylation is 7. The number of H-pyrrole nitrogens is 2. The molecule has 0 aliphatic heterocycles. The van der Waals surface area contributed by atoms with Gasteiger partial charge in [0, 0.05) is 133 Å². The van der Waals surface area contributed by atoms with Gasteiger partial charge in [0.25, 0.3) is 0 Å². The Balaban J connectivity index is 0.000000128. The molecule has 1 heterocycles. The van der Waals surface area contributed by atoms with E-state index in [-0.39, 0.29) is 136 Å². The van der Waals surface area contributed by atoms with Crippen LogP contribution in [-0.4, -0.2) is 80.8 Å². The van der Waals surface area contributed by atoms with Gasteiger partial charge in [0.05, 0.1) is 106 Å². The molecule has 3 radical (unpaired) electrons. The van der Waals surface area contributed by atoms with Crippen LogP contribution in [0.3, 0.4) is 0 Å². The van der Waals surface area contributed by atoms with E-state index in [1.54, 1.807) is 218 Å². The van der Waals surface area contributed by atoms with E-state index in [0.29, 0.717) is 166 Å². The van der Waals surface area contributed by atoms with Gasteiger partial charge in [-0.25, -0.2) is 0 Å². The summed E-state index contributed by atoms with van der Waals surface area (Å²) in [6.07, 6.45) is 0. The molecule has 149 heavy (non-hydrogen) atoms. The lowest BCUT2D eigenvalue weighted by atomic mass is 9.82. The molecule has 0 spiro atoms. The van der Waals surface area contributed by atoms with Crippen molar-refractivity contribution in [3.05, 3.63) is 490 Å². The molecule has 24 nitrogen and oxygen atoms in total. The average Bonchev–Trinajstić information content (AvgIpc) is 0.726. The maximum atomic E-state index is 13.9. The molecule has 0 fully saturated rings. The highest BCUT2D eigenvalue weighted by Gasteiger charge is 2.39. The fourth-order valence-corrected chi connectivity index (χ4v) is 20.0. The molecule has 0 atom stereocenters. The second-order valence-electron chi connectivity index (χ2n) is 36.6. The smallest absolute Gasteiger partial charge is 0.221 e. The van der Waals surface area contributed by atoms with E-state index in [2.05, 4.69) is 108 Å². The Morgan fingerprint density at radius 3 is 0.872 bits per heavy atom. The van der Waals surface area contributed by atoms with Crippen LogP contribution in [0, 0.1) is 48.5 Å². The monoisotopic (exact) mass is 1960 g/mol. The van der Waals surface area contributed by atoms with Crippen molar-refractivity contribution in [2.45, 2.75) is 62.8 Å². The Morgan fingerprint density at radius 1 is 0.268 bits per heavy atom. The number of phenols is 2. The number of nitrogen functional groups attached to an aromatic ring is 1. The SMILES string of the molecule is C.CC(=O)Nc1ccc(Nc2ccc(O)c3c2C(=O)c2ccccc2C3=O)cc1.Cc1cc(C)c(Nc2ccc(Nc3c(C)cc(C)cc3C)c3c2C(=O)c2ccccc2C3=O)c(C)c1.Cc1ccc(Nc2ccc(O)c3c2C(=O)c2ccccc2C3=O)cc1.Nc1ccc(Nc2ccccc2)c2c1C(=O)c1ccccc1C2=O.O=c1c2ccccc2c(=O)c2c1ccc1[nH]c3c(ccc4c(=O)c5ccccc5c(=O)c43)[nH]c12.[2HH].[B]. The number of aromatic hydroxyl groups is 2. The number of fused-ring (bicyclic) bond motifs is 16. The van der Waals surface area contributed by atoms with Crippen LogP contribution >= 0.6 is 0 Å². The summed E-state index contributed by atoms with van der Waals surface area (Å²) in [6.45, 7) is 15.8. The summed E-state index contributed by atoms with van der Waals surface area (Å²) in [4.78, 5) is 176. The summed E-state index contributed by atoms with van der Waals surface area (Å²) in [5, 5.41) is 42.4. The van der Waals surface area contributed by atoms with Gasteiger partial charge in [0.15, 0.2) is 68.0 Å². The number of nitrogens with one attached hydrogen (secondary N) is 8. The van der Waals surface area contributed by atoms with Crippen LogP contribution in [-0.2, 0) is 4.79 Å². The number of aromatic amines is 2. The second kappa shape index (κ2) is 40.3. The van der Waals surface area contributed by atoms with E-state index in [4.69, 9.17) is 5.73 Å². The van der Waals surface area contributed by atoms with Crippen molar-refractivity contribution in [3.8, 4) is 11.5 Å². The van der Waals surface area contributed by atoms with Gasteiger partial charge in [0.2, 0.25) is 5.91 Å². The van der Waals surface area contributed by atoms with Gasteiger partial charge in [-0.15, -0.1) is 0 Å². The van der Waals surface area contributed by atoms with Crippen LogP contribution in [0.1, 0.15) is 182 Å². The summed E-state index contributed by atoms with van der Waals surface area (Å²) in [7, 11) is 0. The molecule has 0 bridgehead atoms. The molecular formula is C124H95BN9O15. The van der Waals surface area contributed by atoms with Crippen molar-refractivity contribution in [2.75, 3.05) is 37.6 Å². The Bertz CT molecular complexity index is 9110. The van der Waals surface area contributed by atoms with Gasteiger partial charge < -0.3 is 57.8 Å². The van der Waals surface area contributed by atoms with Crippen molar-refractivity contribution < 1.29 is 54.8 Å². The number of para-hydroxylation sites is 1. The first kappa shape index (κ1) is 99.5. The number of rotatable bonds is 11. The summed E-state index contributed by atoms with van der Waals surface area (Å²) in [5.74, 6) is -2.59. The standard InChI is InChI=1S/C32H30N2O2.C28H14N2O4.C22H16N2O4.C21H15NO3.C20H14N2O2.CH4.B.H2/c1-17-13-19(3)29(20(4)14-17)33-25-11-12-26(34-30-21(5)15-18(2)16-22(30)6)28-27(25)31(35)23-9-7-8-10-24(23)32(28)36;31-25-13-5-1-3-7-15(13)27(33)21-17(25)9-11-19-23(21)29-20-12-10-18-22(24(20)30-19)28(34)16-8-4-2-6-14(16)26(18)32;1-12(25)23-13-6-8-14(9-7-13)24-17-10-11-18(26)20-19(17)21(27)15-4-2-3-5-16(15)22(20)28;1-12-6-8-13(9-7-12)22-16-10-11-17(23)19-18(16)20(24)14-4-2-3-5-15(14)21(19)25;21-15-10-11-16(22-12-6-2-1-3-7-12)18-17(15)19(23)13-8-4-5-9-14(13)20(18)24;;;/h7-16,33-34H,1-6H3;1-12,29-30H;2-11,24,26H,1H3,(H,23,25);2-11,22-23H,1H3;1-11,22H,21H2;1H4;;1H/i;;;;;;;1+1. The number of carbonyl (C=O) groups is 9. The van der Waals surface area contributed by atoms with Gasteiger partial charge >= 0.3 is 0 Å². The molecule has 0 saturated heterocycles. The minimum absolute atomic E-state index is 0. The Morgan fingerprint density at radius 2 is 0.530 bits per heavy atom. The van der Waals surface area contributed by atoms with E-state index in [9.17, 15) is 72.5 Å². The largest absolute Gasteiger partial charge is 0.507 e. The predicted octanol–water partition coefficient (Wildman–Crippen LogP) is 24.3. The molecule has 1 aromatic heterocycles. The number of benzene rings is 19. The Labute approximate surface area is 855 Å². The molecule has 19 aromatic carbocycles. The number of anilines is 12. The molecule has 24 rings (SSSR count). The molecule has 25 heteroatoms. The first-order valence-corrected chi connectivity index (χ1v) is 47.2. The number of phenolic OH excluding ortho intramolecular Hbond substituents is 2. The van der Waals surface area contributed by atoms with Gasteiger partial charge in [0.1, 0.15) is 11.5 Å². The van der Waals surface area contributed by atoms with Gasteiger partial charge in [-0.1, -0.05) is 224 Å². The topological polar surface area (TPSA) is 392 Å². The van der Waals surface area contributed by atoms with E-state index in [1.165, 1.54) is 30.2 Å². The highest BCUT2D eigenvalue weighted by atomic mass is 16.3. The first-order chi connectivity index (χ1) is 70.9. The first-order valence-electron chi connectivity index (χ1n) is 47.2. The number of hydrogen-bond acceptors (Lipinski definition) is 21. The van der Waals surface area contributed by atoms with Crippen molar-refractivity contribution >= 4 is 194 Å². The maximum Gasteiger partial charge on any atom is 0.221 e. The van der Waals surface area contributed by atoms with Gasteiger partial charge in [-0.2, -0.15) is 0 Å². The van der Waals surface area contributed by atoms with E-state index < -0.39 is 0 Å². The summed E-state index contributed by atoms with van der Waals surface area (Å²) in [5.41, 5.74) is 27.8. The highest BCUT2D eigenvalue weighted by molar-refractivity contribution is 6.35. The van der Waals surface area contributed by atoms with Crippen LogP contribution in [0.4, 0.5) is 68.2 Å². The summed E-state index contributed by atoms with van der Waals surface area (Å²) in [6, 6.07) is 93.2. The predicted molar refractivity (Wildman–Crippen MR) is 594 cm³/mol. The summed E-state index contributed by atoms with van der Waals surface area (Å²) < 4.78 is 0. The zero-order valence-corrected chi connectivity index (χ0v) is 81.0. The molecule has 1 amide bonds. The third kappa shape index (κ3) is 18.1. The van der Waals surface area contributed by atoms with Crippen molar-refractivity contribution in [1.82, 2.24) is 9.97 Å². The fraction of sp³-hybridized carbons (Fsp3) is 0.0726. The number of hydrogen-bond donors (Lipinski definition) is 11. The zero-order chi connectivity index (χ0) is 103. The number of amides is 1. The van der Waals surface area contributed by atoms with Crippen LogP contribution in [0.25, 0.3) is 65.2 Å². The molecule has 12 N–H and O–H groups in total. The highest BCUT2D eigenvalue weighted by Crippen LogP contribution is 2.45. The number of carbonyl (C=O) groups excluding carboxylic acids is 9. The van der Waals surface area contributed by atoms with Crippen molar-refractivity contribution in [2.24, 2.45) is 0 Å². The number of ketones is 8. The van der Waals surface area contributed by atoms with Gasteiger partial charge in [-0.05, 0) is 192 Å². The lowest BCUT2D eigenvalue weighted by Gasteiger charge is -2.25. The molecule has 0 saturated carbocycles. The number of nitrogens with two attached hydrogens (primary N) is 1. The normalized spacial score (nSPS) is 12.1. The molecule has 729 valence electrons. The molecule has 4 aliphatic carbocycles. The third-order valence-corrected chi connectivity index (χ3v) is 26.7. The third-order valence-electron chi connectivity index (χ3n) is 26.7. The Hall–Kier alpha value is -19.7. The molecule has 4 aliphatic rings. The van der Waals surface area contributed by atoms with Crippen LogP contribution in [0.2, 0.25) is 0 Å². The minimum Gasteiger partial charge on any atom is -0.507 e. The van der Waals surface area contributed by atoms with Crippen molar-refractivity contribution in [3.63, 3.8) is 0 Å². The minimum atomic E-state index is -0.382. The second-order valence-corrected chi connectivity index (χ2v) is 36.6.